The molecule has 4 heteroatoms. The van der Waals surface area contributed by atoms with Gasteiger partial charge >= 0.3 is 0 Å². The summed E-state index contributed by atoms with van der Waals surface area (Å²) in [7, 11) is 0. The van der Waals surface area contributed by atoms with Crippen molar-refractivity contribution in [3.63, 3.8) is 0 Å². The van der Waals surface area contributed by atoms with Crippen molar-refractivity contribution in [3.8, 4) is 0 Å². The normalized spacial score (nSPS) is 17.1. The number of hydrogen-bond acceptors (Lipinski definition) is 2. The quantitative estimate of drug-likeness (QED) is 0.700. The molecule has 0 aromatic carbocycles. The summed E-state index contributed by atoms with van der Waals surface area (Å²) in [5.74, 6) is 0.783. The van der Waals surface area contributed by atoms with Gasteiger partial charge in [0.25, 0.3) is 0 Å². The van der Waals surface area contributed by atoms with Gasteiger partial charge in [-0.1, -0.05) is 13.8 Å². The average molecular weight is 284 g/mol. The Kier molecular flexibility index (Phi) is 5.28. The number of nitrogens with one attached hydrogen (secondary N) is 1. The van der Waals surface area contributed by atoms with Gasteiger partial charge in [-0.15, -0.1) is 11.6 Å². The van der Waals surface area contributed by atoms with Gasteiger partial charge < -0.3 is 5.32 Å². The first kappa shape index (κ1) is 14.9. The standard InChI is InChI=1S/C15H26ClN3/c1-3-14(4-2)19-10-5-13(18-19)11-17-12-15(6-7-15)8-9-16/h5,10,14,17H,3-4,6-9,11-12H2,1-2H3. The first-order chi connectivity index (χ1) is 9.23. The van der Waals surface area contributed by atoms with E-state index in [1.807, 2.05) is 0 Å². The molecule has 19 heavy (non-hydrogen) atoms. The van der Waals surface area contributed by atoms with E-state index < -0.39 is 0 Å². The van der Waals surface area contributed by atoms with Gasteiger partial charge in [0.2, 0.25) is 0 Å². The molecule has 0 radical (unpaired) electrons. The van der Waals surface area contributed by atoms with Crippen molar-refractivity contribution in [2.24, 2.45) is 5.41 Å². The Labute approximate surface area is 121 Å². The number of hydrogen-bond donors (Lipinski definition) is 1. The SMILES string of the molecule is CCC(CC)n1ccc(CNCC2(CCCl)CC2)n1. The maximum absolute atomic E-state index is 5.85. The lowest BCUT2D eigenvalue weighted by Crippen LogP contribution is -2.24. The monoisotopic (exact) mass is 283 g/mol. The highest BCUT2D eigenvalue weighted by Gasteiger charge is 2.41. The molecule has 0 atom stereocenters. The van der Waals surface area contributed by atoms with E-state index in [1.54, 1.807) is 0 Å². The van der Waals surface area contributed by atoms with E-state index in [0.717, 1.165) is 43.9 Å². The van der Waals surface area contributed by atoms with Gasteiger partial charge in [0, 0.05) is 25.2 Å². The topological polar surface area (TPSA) is 29.9 Å². The summed E-state index contributed by atoms with van der Waals surface area (Å²) < 4.78 is 2.11. The zero-order valence-electron chi connectivity index (χ0n) is 12.2. The van der Waals surface area contributed by atoms with Gasteiger partial charge in [0.15, 0.2) is 0 Å². The molecule has 0 amide bonds. The summed E-state index contributed by atoms with van der Waals surface area (Å²) >= 11 is 5.85. The third kappa shape index (κ3) is 3.96. The maximum Gasteiger partial charge on any atom is 0.0762 e. The van der Waals surface area contributed by atoms with Crippen LogP contribution in [0, 0.1) is 5.41 Å². The van der Waals surface area contributed by atoms with Crippen LogP contribution in [-0.4, -0.2) is 22.2 Å². The lowest BCUT2D eigenvalue weighted by Gasteiger charge is -2.14. The fourth-order valence-electron chi connectivity index (χ4n) is 2.69. The minimum atomic E-state index is 0.500. The molecule has 1 aromatic rings. The van der Waals surface area contributed by atoms with Crippen molar-refractivity contribution in [2.45, 2.75) is 58.5 Å². The number of rotatable bonds is 9. The second-order valence-electron chi connectivity index (χ2n) is 5.80. The van der Waals surface area contributed by atoms with Crippen molar-refractivity contribution < 1.29 is 0 Å². The Morgan fingerprint density at radius 2 is 2.16 bits per heavy atom. The Hall–Kier alpha value is -0.540. The highest BCUT2D eigenvalue weighted by molar-refractivity contribution is 6.17. The Morgan fingerprint density at radius 3 is 2.74 bits per heavy atom. The van der Waals surface area contributed by atoms with Crippen LogP contribution in [-0.2, 0) is 6.54 Å². The molecular weight excluding hydrogens is 258 g/mol. The first-order valence-electron chi connectivity index (χ1n) is 7.53. The smallest absolute Gasteiger partial charge is 0.0762 e. The van der Waals surface area contributed by atoms with Crippen molar-refractivity contribution in [2.75, 3.05) is 12.4 Å². The fourth-order valence-corrected chi connectivity index (χ4v) is 3.09. The molecule has 1 fully saturated rings. The van der Waals surface area contributed by atoms with Crippen molar-refractivity contribution in [1.29, 1.82) is 0 Å². The maximum atomic E-state index is 5.85. The molecule has 1 aromatic heterocycles. The van der Waals surface area contributed by atoms with Crippen molar-refractivity contribution in [1.82, 2.24) is 15.1 Å². The largest absolute Gasteiger partial charge is 0.311 e. The zero-order chi connectivity index (χ0) is 13.7. The number of alkyl halides is 1. The van der Waals surface area contributed by atoms with Crippen LogP contribution in [0.15, 0.2) is 12.3 Å². The fraction of sp³-hybridized carbons (Fsp3) is 0.800. The van der Waals surface area contributed by atoms with Gasteiger partial charge in [-0.3, -0.25) is 4.68 Å². The highest BCUT2D eigenvalue weighted by Crippen LogP contribution is 2.48. The summed E-state index contributed by atoms with van der Waals surface area (Å²) in [5, 5.41) is 8.21. The summed E-state index contributed by atoms with van der Waals surface area (Å²) in [4.78, 5) is 0. The van der Waals surface area contributed by atoms with E-state index in [4.69, 9.17) is 11.6 Å². The van der Waals surface area contributed by atoms with E-state index in [-0.39, 0.29) is 0 Å². The predicted octanol–water partition coefficient (Wildman–Crippen LogP) is 3.74. The van der Waals surface area contributed by atoms with Crippen LogP contribution in [0.1, 0.15) is 57.7 Å². The van der Waals surface area contributed by atoms with E-state index >= 15 is 0 Å². The predicted molar refractivity (Wildman–Crippen MR) is 80.6 cm³/mol. The lowest BCUT2D eigenvalue weighted by molar-refractivity contribution is 0.418. The Balaban J connectivity index is 1.77. The van der Waals surface area contributed by atoms with Crippen LogP contribution < -0.4 is 5.32 Å². The number of halogens is 1. The first-order valence-corrected chi connectivity index (χ1v) is 8.07. The summed E-state index contributed by atoms with van der Waals surface area (Å²) in [5.41, 5.74) is 1.65. The minimum absolute atomic E-state index is 0.500. The van der Waals surface area contributed by atoms with Gasteiger partial charge in [-0.05, 0) is 43.6 Å². The molecule has 0 unspecified atom stereocenters. The average Bonchev–Trinajstić information content (AvgIpc) is 3.00. The molecule has 1 aliphatic rings. The third-order valence-corrected chi connectivity index (χ3v) is 4.56. The van der Waals surface area contributed by atoms with E-state index in [0.29, 0.717) is 11.5 Å². The zero-order valence-corrected chi connectivity index (χ0v) is 12.9. The lowest BCUT2D eigenvalue weighted by atomic mass is 10.0. The van der Waals surface area contributed by atoms with Crippen LogP contribution in [0.2, 0.25) is 0 Å². The van der Waals surface area contributed by atoms with Crippen molar-refractivity contribution >= 4 is 11.6 Å². The van der Waals surface area contributed by atoms with Gasteiger partial charge in [-0.2, -0.15) is 5.10 Å². The molecule has 1 aliphatic carbocycles. The van der Waals surface area contributed by atoms with E-state index in [9.17, 15) is 0 Å². The number of nitrogens with zero attached hydrogens (tertiary/aromatic N) is 2. The molecule has 0 saturated heterocycles. The van der Waals surface area contributed by atoms with E-state index in [1.165, 1.54) is 12.8 Å². The molecule has 1 saturated carbocycles. The van der Waals surface area contributed by atoms with Gasteiger partial charge in [0.05, 0.1) is 11.7 Å². The molecule has 1 heterocycles. The molecule has 3 nitrogen and oxygen atoms in total. The molecule has 108 valence electrons. The molecule has 0 spiro atoms. The summed E-state index contributed by atoms with van der Waals surface area (Å²) in [6.45, 7) is 6.39. The highest BCUT2D eigenvalue weighted by atomic mass is 35.5. The van der Waals surface area contributed by atoms with Crippen molar-refractivity contribution in [3.05, 3.63) is 18.0 Å². The summed E-state index contributed by atoms with van der Waals surface area (Å²) in [6.07, 6.45) is 8.20. The molecular formula is C15H26ClN3. The van der Waals surface area contributed by atoms with Gasteiger partial charge in [0.1, 0.15) is 0 Å². The molecule has 0 bridgehead atoms. The molecule has 1 N–H and O–H groups in total. The second kappa shape index (κ2) is 6.76. The number of aromatic nitrogens is 2. The van der Waals surface area contributed by atoms with Gasteiger partial charge in [-0.25, -0.2) is 0 Å². The van der Waals surface area contributed by atoms with Crippen LogP contribution in [0.4, 0.5) is 0 Å². The van der Waals surface area contributed by atoms with Crippen LogP contribution in [0.5, 0.6) is 0 Å². The second-order valence-corrected chi connectivity index (χ2v) is 6.18. The molecule has 0 aliphatic heterocycles. The van der Waals surface area contributed by atoms with Crippen LogP contribution in [0.25, 0.3) is 0 Å². The minimum Gasteiger partial charge on any atom is -0.311 e. The molecule has 2 rings (SSSR count). The Bertz CT molecular complexity index is 380. The Morgan fingerprint density at radius 1 is 1.42 bits per heavy atom. The third-order valence-electron chi connectivity index (χ3n) is 4.37. The van der Waals surface area contributed by atoms with E-state index in [2.05, 4.69) is 41.2 Å². The van der Waals surface area contributed by atoms with Crippen LogP contribution >= 0.6 is 11.6 Å². The summed E-state index contributed by atoms with van der Waals surface area (Å²) in [6, 6.07) is 2.67. The van der Waals surface area contributed by atoms with Crippen LogP contribution in [0.3, 0.4) is 0 Å².